The van der Waals surface area contributed by atoms with Crippen molar-refractivity contribution < 1.29 is 22.4 Å². The summed E-state index contributed by atoms with van der Waals surface area (Å²) in [4.78, 5) is 19.4. The molecule has 3 N–H and O–H groups in total. The molecule has 0 unspecified atom stereocenters. The van der Waals surface area contributed by atoms with Crippen LogP contribution in [-0.2, 0) is 23.8 Å². The molecule has 2 aromatic rings. The van der Waals surface area contributed by atoms with Crippen LogP contribution < -0.4 is 16.0 Å². The number of guanidine groups is 1. The fourth-order valence-electron chi connectivity index (χ4n) is 2.34. The lowest BCUT2D eigenvalue weighted by molar-refractivity contribution is -0.140. The molecule has 2 rings (SSSR count). The Bertz CT molecular complexity index is 838. The van der Waals surface area contributed by atoms with E-state index in [4.69, 9.17) is 0 Å². The van der Waals surface area contributed by atoms with Gasteiger partial charge in [-0.25, -0.2) is 9.37 Å². The molecule has 0 aliphatic heterocycles. The van der Waals surface area contributed by atoms with Gasteiger partial charge in [0.05, 0.1) is 11.4 Å². The van der Waals surface area contributed by atoms with E-state index in [-0.39, 0.29) is 18.1 Å². The minimum absolute atomic E-state index is 0.0818. The van der Waals surface area contributed by atoms with Gasteiger partial charge < -0.3 is 16.0 Å². The Balaban J connectivity index is 1.63. The van der Waals surface area contributed by atoms with E-state index in [1.165, 1.54) is 12.1 Å². The van der Waals surface area contributed by atoms with E-state index >= 15 is 0 Å². The highest BCUT2D eigenvalue weighted by Gasteiger charge is 2.33. The van der Waals surface area contributed by atoms with Gasteiger partial charge in [0.25, 0.3) is 0 Å². The molecular weight excluding hydrogens is 410 g/mol. The molecule has 1 aromatic heterocycles. The highest BCUT2D eigenvalue weighted by molar-refractivity contribution is 7.09. The predicted molar refractivity (Wildman–Crippen MR) is 103 cm³/mol. The largest absolute Gasteiger partial charge is 0.434 e. The van der Waals surface area contributed by atoms with Crippen molar-refractivity contribution in [2.75, 3.05) is 26.7 Å². The number of benzene rings is 1. The van der Waals surface area contributed by atoms with Gasteiger partial charge in [-0.15, -0.1) is 11.3 Å². The highest BCUT2D eigenvalue weighted by atomic mass is 32.1. The van der Waals surface area contributed by atoms with E-state index in [0.29, 0.717) is 42.6 Å². The topological polar surface area (TPSA) is 78.4 Å². The summed E-state index contributed by atoms with van der Waals surface area (Å²) >= 11 is 0.960. The standard InChI is InChI=1S/C18H21F4N5OS/c1-23-17(25-6-5-16-27-14(11-29-16)18(20,21)22)26-8-7-24-15(28)10-12-3-2-4-13(19)9-12/h2-4,9,11H,5-8,10H2,1H3,(H,24,28)(H2,23,25,26). The van der Waals surface area contributed by atoms with Gasteiger partial charge in [-0.2, -0.15) is 13.2 Å². The summed E-state index contributed by atoms with van der Waals surface area (Å²) in [6.45, 7) is 1.08. The van der Waals surface area contributed by atoms with Crippen LogP contribution in [0.15, 0.2) is 34.6 Å². The van der Waals surface area contributed by atoms with Crippen LogP contribution in [0.5, 0.6) is 0 Å². The number of aliphatic imine (C=N–C) groups is 1. The van der Waals surface area contributed by atoms with Crippen molar-refractivity contribution in [1.29, 1.82) is 0 Å². The number of aromatic nitrogens is 1. The maximum absolute atomic E-state index is 13.1. The lowest BCUT2D eigenvalue weighted by Crippen LogP contribution is -2.42. The van der Waals surface area contributed by atoms with Crippen molar-refractivity contribution in [2.24, 2.45) is 4.99 Å². The summed E-state index contributed by atoms with van der Waals surface area (Å²) < 4.78 is 50.7. The average Bonchev–Trinajstić information content (AvgIpc) is 3.13. The van der Waals surface area contributed by atoms with Crippen molar-refractivity contribution in [1.82, 2.24) is 20.9 Å². The Morgan fingerprint density at radius 3 is 2.55 bits per heavy atom. The first-order chi connectivity index (χ1) is 13.8. The van der Waals surface area contributed by atoms with Crippen LogP contribution in [0.25, 0.3) is 0 Å². The molecule has 0 radical (unpaired) electrons. The monoisotopic (exact) mass is 431 g/mol. The number of carbonyl (C=O) groups is 1. The summed E-state index contributed by atoms with van der Waals surface area (Å²) in [5.41, 5.74) is -0.294. The number of thiazole rings is 1. The zero-order valence-electron chi connectivity index (χ0n) is 15.6. The highest BCUT2D eigenvalue weighted by Crippen LogP contribution is 2.29. The third-order valence-electron chi connectivity index (χ3n) is 3.69. The second-order valence-electron chi connectivity index (χ2n) is 5.96. The van der Waals surface area contributed by atoms with E-state index in [1.54, 1.807) is 19.2 Å². The Kier molecular flexibility index (Phi) is 8.37. The molecule has 29 heavy (non-hydrogen) atoms. The minimum atomic E-state index is -4.43. The van der Waals surface area contributed by atoms with Crippen molar-refractivity contribution in [3.63, 3.8) is 0 Å². The van der Waals surface area contributed by atoms with Gasteiger partial charge in [-0.1, -0.05) is 12.1 Å². The maximum Gasteiger partial charge on any atom is 0.434 e. The second-order valence-corrected chi connectivity index (χ2v) is 6.90. The number of amides is 1. The third kappa shape index (κ3) is 8.06. The summed E-state index contributed by atoms with van der Waals surface area (Å²) in [7, 11) is 1.56. The first-order valence-electron chi connectivity index (χ1n) is 8.75. The number of halogens is 4. The number of hydrogen-bond donors (Lipinski definition) is 3. The average molecular weight is 431 g/mol. The first-order valence-corrected chi connectivity index (χ1v) is 9.63. The Hall–Kier alpha value is -2.69. The van der Waals surface area contributed by atoms with Crippen LogP contribution in [0.1, 0.15) is 16.3 Å². The Morgan fingerprint density at radius 1 is 1.17 bits per heavy atom. The van der Waals surface area contributed by atoms with Crippen LogP contribution >= 0.6 is 11.3 Å². The van der Waals surface area contributed by atoms with Gasteiger partial charge in [-0.05, 0) is 17.7 Å². The normalized spacial score (nSPS) is 12.0. The molecule has 0 fully saturated rings. The molecule has 0 atom stereocenters. The Morgan fingerprint density at radius 2 is 1.90 bits per heavy atom. The van der Waals surface area contributed by atoms with Crippen molar-refractivity contribution in [3.05, 3.63) is 51.7 Å². The van der Waals surface area contributed by atoms with Crippen LogP contribution in [0.3, 0.4) is 0 Å². The van der Waals surface area contributed by atoms with Crippen LogP contribution in [-0.4, -0.2) is 43.5 Å². The van der Waals surface area contributed by atoms with E-state index in [9.17, 15) is 22.4 Å². The molecule has 0 saturated heterocycles. The minimum Gasteiger partial charge on any atom is -0.356 e. The molecule has 6 nitrogen and oxygen atoms in total. The number of hydrogen-bond acceptors (Lipinski definition) is 4. The molecule has 0 bridgehead atoms. The molecule has 1 aromatic carbocycles. The van der Waals surface area contributed by atoms with Gasteiger partial charge in [0.15, 0.2) is 11.7 Å². The fourth-order valence-corrected chi connectivity index (χ4v) is 3.15. The van der Waals surface area contributed by atoms with Gasteiger partial charge in [0, 0.05) is 38.5 Å². The van der Waals surface area contributed by atoms with Crippen molar-refractivity contribution >= 4 is 23.2 Å². The number of alkyl halides is 3. The van der Waals surface area contributed by atoms with Crippen LogP contribution in [0.2, 0.25) is 0 Å². The molecular formula is C18H21F4N5OS. The van der Waals surface area contributed by atoms with Gasteiger partial charge in [0.2, 0.25) is 5.91 Å². The first kappa shape index (κ1) is 22.6. The second kappa shape index (κ2) is 10.7. The molecule has 0 saturated carbocycles. The molecule has 0 aliphatic carbocycles. The van der Waals surface area contributed by atoms with E-state index in [0.717, 1.165) is 16.7 Å². The quantitative estimate of drug-likeness (QED) is 0.260. The molecule has 11 heteroatoms. The fraction of sp³-hybridized carbons (Fsp3) is 0.389. The molecule has 158 valence electrons. The maximum atomic E-state index is 13.1. The van der Waals surface area contributed by atoms with Gasteiger partial charge in [0.1, 0.15) is 5.82 Å². The van der Waals surface area contributed by atoms with Crippen LogP contribution in [0, 0.1) is 5.82 Å². The molecule has 0 aliphatic rings. The summed E-state index contributed by atoms with van der Waals surface area (Å²) in [6.07, 6.45) is -4.02. The number of nitrogens with one attached hydrogen (secondary N) is 3. The smallest absolute Gasteiger partial charge is 0.356 e. The lowest BCUT2D eigenvalue weighted by Gasteiger charge is -2.12. The number of rotatable bonds is 8. The van der Waals surface area contributed by atoms with Gasteiger partial charge >= 0.3 is 6.18 Å². The van der Waals surface area contributed by atoms with Crippen molar-refractivity contribution in [2.45, 2.75) is 19.0 Å². The van der Waals surface area contributed by atoms with E-state index in [1.807, 2.05) is 0 Å². The number of nitrogens with zero attached hydrogens (tertiary/aromatic N) is 2. The summed E-state index contributed by atoms with van der Waals surface area (Å²) in [5.74, 6) is -0.166. The van der Waals surface area contributed by atoms with Crippen LogP contribution in [0.4, 0.5) is 17.6 Å². The molecule has 1 amide bonds. The van der Waals surface area contributed by atoms with Gasteiger partial charge in [-0.3, -0.25) is 9.79 Å². The SMILES string of the molecule is CN=C(NCCNC(=O)Cc1cccc(F)c1)NCCc1nc(C(F)(F)F)cs1. The summed E-state index contributed by atoms with van der Waals surface area (Å²) in [5, 5.41) is 10.0. The third-order valence-corrected chi connectivity index (χ3v) is 4.60. The lowest BCUT2D eigenvalue weighted by atomic mass is 10.1. The van der Waals surface area contributed by atoms with E-state index < -0.39 is 11.9 Å². The zero-order valence-corrected chi connectivity index (χ0v) is 16.5. The summed E-state index contributed by atoms with van der Waals surface area (Å²) in [6, 6.07) is 5.84. The van der Waals surface area contributed by atoms with E-state index in [2.05, 4.69) is 25.9 Å². The number of carbonyl (C=O) groups excluding carboxylic acids is 1. The zero-order chi connectivity index (χ0) is 21.3. The van der Waals surface area contributed by atoms with Crippen molar-refractivity contribution in [3.8, 4) is 0 Å². The molecule has 0 spiro atoms. The Labute approximate surface area is 169 Å². The molecule has 1 heterocycles. The predicted octanol–water partition coefficient (Wildman–Crippen LogP) is 2.37.